The average Bonchev–Trinajstić information content (AvgIpc) is 2.38. The number of Topliss-reactive ketones (excluding diaryl/α,β-unsaturated/α-hetero) is 1. The lowest BCUT2D eigenvalue weighted by atomic mass is 9.77. The fraction of sp³-hybridized carbons (Fsp3) is 0.294. The Balaban J connectivity index is 1.83. The summed E-state index contributed by atoms with van der Waals surface area (Å²) in [7, 11) is 0. The quantitative estimate of drug-likeness (QED) is 0.774. The van der Waals surface area contributed by atoms with Gasteiger partial charge in [0.2, 0.25) is 0 Å². The van der Waals surface area contributed by atoms with Gasteiger partial charge in [0.25, 0.3) is 0 Å². The molecule has 0 unspecified atom stereocenters. The maximum atomic E-state index is 12.5. The monoisotopic (exact) mass is 251 g/mol. The van der Waals surface area contributed by atoms with Gasteiger partial charge in [0.05, 0.1) is 0 Å². The maximum Gasteiger partial charge on any atom is 0.167 e. The molecule has 0 aliphatic heterocycles. The summed E-state index contributed by atoms with van der Waals surface area (Å²) in [4.78, 5) is 16.4. The van der Waals surface area contributed by atoms with E-state index >= 15 is 0 Å². The molecule has 1 aliphatic rings. The van der Waals surface area contributed by atoms with Crippen molar-refractivity contribution in [2.75, 3.05) is 0 Å². The van der Waals surface area contributed by atoms with Crippen LogP contribution in [0.1, 0.15) is 46.7 Å². The first-order chi connectivity index (χ1) is 9.34. The molecule has 19 heavy (non-hydrogen) atoms. The van der Waals surface area contributed by atoms with E-state index < -0.39 is 0 Å². The third-order valence-electron chi connectivity index (χ3n) is 3.92. The zero-order valence-corrected chi connectivity index (χ0v) is 10.9. The van der Waals surface area contributed by atoms with E-state index in [0.717, 1.165) is 11.1 Å². The van der Waals surface area contributed by atoms with Crippen LogP contribution in [-0.4, -0.2) is 10.8 Å². The molecule has 2 nitrogen and oxygen atoms in total. The van der Waals surface area contributed by atoms with Gasteiger partial charge >= 0.3 is 0 Å². The second kappa shape index (κ2) is 5.35. The van der Waals surface area contributed by atoms with Crippen LogP contribution in [-0.2, 0) is 6.42 Å². The molecule has 0 atom stereocenters. The van der Waals surface area contributed by atoms with Crippen molar-refractivity contribution >= 4 is 5.78 Å². The van der Waals surface area contributed by atoms with Crippen molar-refractivity contribution in [1.29, 1.82) is 0 Å². The van der Waals surface area contributed by atoms with Gasteiger partial charge in [-0.3, -0.25) is 9.78 Å². The second-order valence-electron chi connectivity index (χ2n) is 5.17. The number of carbonyl (C=O) groups excluding carboxylic acids is 1. The predicted octanol–water partition coefficient (Wildman–Crippen LogP) is 3.77. The van der Waals surface area contributed by atoms with Crippen molar-refractivity contribution in [3.8, 4) is 0 Å². The Morgan fingerprint density at radius 1 is 1.11 bits per heavy atom. The molecule has 1 aliphatic carbocycles. The maximum absolute atomic E-state index is 12.5. The Labute approximate surface area is 113 Å². The standard InChI is InChI=1S/C17H17NO/c19-17(12-13-8-10-18-11-9-13)16-7-2-1-6-15(16)14-4-3-5-14/h1-2,6-11,14H,3-5,12H2. The highest BCUT2D eigenvalue weighted by atomic mass is 16.1. The van der Waals surface area contributed by atoms with E-state index in [0.29, 0.717) is 12.3 Å². The number of nitrogens with zero attached hydrogens (tertiary/aromatic N) is 1. The molecule has 0 radical (unpaired) electrons. The van der Waals surface area contributed by atoms with Gasteiger partial charge in [0.1, 0.15) is 0 Å². The molecule has 1 fully saturated rings. The summed E-state index contributed by atoms with van der Waals surface area (Å²) in [6.45, 7) is 0. The summed E-state index contributed by atoms with van der Waals surface area (Å²) in [6, 6.07) is 11.9. The average molecular weight is 251 g/mol. The second-order valence-corrected chi connectivity index (χ2v) is 5.17. The number of aromatic nitrogens is 1. The number of hydrogen-bond donors (Lipinski definition) is 0. The smallest absolute Gasteiger partial charge is 0.167 e. The molecule has 1 heterocycles. The molecule has 96 valence electrons. The number of hydrogen-bond acceptors (Lipinski definition) is 2. The lowest BCUT2D eigenvalue weighted by Crippen LogP contribution is -2.15. The van der Waals surface area contributed by atoms with Crippen molar-refractivity contribution in [1.82, 2.24) is 4.98 Å². The topological polar surface area (TPSA) is 30.0 Å². The van der Waals surface area contributed by atoms with Crippen molar-refractivity contribution < 1.29 is 4.79 Å². The minimum Gasteiger partial charge on any atom is -0.294 e. The van der Waals surface area contributed by atoms with E-state index in [1.165, 1.54) is 24.8 Å². The van der Waals surface area contributed by atoms with E-state index in [2.05, 4.69) is 11.1 Å². The minimum atomic E-state index is 0.216. The highest BCUT2D eigenvalue weighted by molar-refractivity contribution is 5.99. The molecule has 1 saturated carbocycles. The largest absolute Gasteiger partial charge is 0.294 e. The van der Waals surface area contributed by atoms with Crippen LogP contribution in [0.15, 0.2) is 48.8 Å². The summed E-state index contributed by atoms with van der Waals surface area (Å²) < 4.78 is 0. The van der Waals surface area contributed by atoms with Crippen LogP contribution in [0.25, 0.3) is 0 Å². The van der Waals surface area contributed by atoms with Crippen LogP contribution in [0.4, 0.5) is 0 Å². The van der Waals surface area contributed by atoms with E-state index in [1.807, 2.05) is 30.3 Å². The minimum absolute atomic E-state index is 0.216. The normalized spacial score (nSPS) is 14.9. The molecule has 3 rings (SSSR count). The third-order valence-corrected chi connectivity index (χ3v) is 3.92. The first kappa shape index (κ1) is 12.1. The lowest BCUT2D eigenvalue weighted by Gasteiger charge is -2.27. The van der Waals surface area contributed by atoms with Gasteiger partial charge < -0.3 is 0 Å². The van der Waals surface area contributed by atoms with Gasteiger partial charge in [-0.1, -0.05) is 30.7 Å². The Bertz CT molecular complexity index is 573. The van der Waals surface area contributed by atoms with E-state index in [9.17, 15) is 4.79 Å². The number of pyridine rings is 1. The van der Waals surface area contributed by atoms with Gasteiger partial charge in [-0.25, -0.2) is 0 Å². The van der Waals surface area contributed by atoms with Crippen molar-refractivity contribution in [2.24, 2.45) is 0 Å². The highest BCUT2D eigenvalue weighted by Gasteiger charge is 2.23. The summed E-state index contributed by atoms with van der Waals surface area (Å²) in [5.41, 5.74) is 3.18. The van der Waals surface area contributed by atoms with Crippen LogP contribution in [0.5, 0.6) is 0 Å². The lowest BCUT2D eigenvalue weighted by molar-refractivity contribution is 0.0991. The van der Waals surface area contributed by atoms with Crippen molar-refractivity contribution in [3.63, 3.8) is 0 Å². The molecule has 2 heteroatoms. The van der Waals surface area contributed by atoms with Crippen molar-refractivity contribution in [3.05, 3.63) is 65.5 Å². The van der Waals surface area contributed by atoms with Gasteiger partial charge in [-0.15, -0.1) is 0 Å². The van der Waals surface area contributed by atoms with E-state index in [1.54, 1.807) is 12.4 Å². The molecular formula is C17H17NO. The van der Waals surface area contributed by atoms with Crippen LogP contribution >= 0.6 is 0 Å². The van der Waals surface area contributed by atoms with Crippen LogP contribution in [0, 0.1) is 0 Å². The first-order valence-corrected chi connectivity index (χ1v) is 6.85. The Morgan fingerprint density at radius 2 is 1.84 bits per heavy atom. The molecule has 0 spiro atoms. The molecular weight excluding hydrogens is 234 g/mol. The molecule has 1 aromatic carbocycles. The highest BCUT2D eigenvalue weighted by Crippen LogP contribution is 2.38. The SMILES string of the molecule is O=C(Cc1ccncc1)c1ccccc1C1CCC1. The van der Waals surface area contributed by atoms with Crippen LogP contribution in [0.3, 0.4) is 0 Å². The number of carbonyl (C=O) groups is 1. The molecule has 2 aromatic rings. The number of rotatable bonds is 4. The fourth-order valence-electron chi connectivity index (χ4n) is 2.61. The fourth-order valence-corrected chi connectivity index (χ4v) is 2.61. The molecule has 0 bridgehead atoms. The summed E-state index contributed by atoms with van der Waals surface area (Å²) >= 11 is 0. The number of benzene rings is 1. The van der Waals surface area contributed by atoms with Crippen molar-refractivity contribution in [2.45, 2.75) is 31.6 Å². The summed E-state index contributed by atoms with van der Waals surface area (Å²) in [6.07, 6.45) is 7.67. The Kier molecular flexibility index (Phi) is 3.41. The van der Waals surface area contributed by atoms with Crippen LogP contribution < -0.4 is 0 Å². The van der Waals surface area contributed by atoms with Gasteiger partial charge in [0, 0.05) is 24.4 Å². The third kappa shape index (κ3) is 2.58. The first-order valence-electron chi connectivity index (χ1n) is 6.85. The number of ketones is 1. The van der Waals surface area contributed by atoms with Gasteiger partial charge in [0.15, 0.2) is 5.78 Å². The molecule has 1 aromatic heterocycles. The zero-order valence-electron chi connectivity index (χ0n) is 10.9. The Hall–Kier alpha value is -1.96. The summed E-state index contributed by atoms with van der Waals surface area (Å²) in [5, 5.41) is 0. The van der Waals surface area contributed by atoms with Gasteiger partial charge in [-0.2, -0.15) is 0 Å². The Morgan fingerprint density at radius 3 is 2.53 bits per heavy atom. The summed E-state index contributed by atoms with van der Waals surface area (Å²) in [5.74, 6) is 0.811. The molecule has 0 amide bonds. The van der Waals surface area contributed by atoms with Crippen LogP contribution in [0.2, 0.25) is 0 Å². The zero-order chi connectivity index (χ0) is 13.1. The predicted molar refractivity (Wildman–Crippen MR) is 75.3 cm³/mol. The molecule has 0 N–H and O–H groups in total. The van der Waals surface area contributed by atoms with E-state index in [4.69, 9.17) is 0 Å². The van der Waals surface area contributed by atoms with E-state index in [-0.39, 0.29) is 5.78 Å². The molecule has 0 saturated heterocycles. The van der Waals surface area contributed by atoms with Gasteiger partial charge in [-0.05, 0) is 42.0 Å².